The summed E-state index contributed by atoms with van der Waals surface area (Å²) in [7, 11) is -1.91. The maximum atomic E-state index is 11.5. The molecule has 0 nitrogen and oxygen atoms in total. The van der Waals surface area contributed by atoms with E-state index in [4.69, 9.17) is 0 Å². The largest absolute Gasteiger partial charge is 0.144 e. The summed E-state index contributed by atoms with van der Waals surface area (Å²) in [4.78, 5) is 0. The summed E-state index contributed by atoms with van der Waals surface area (Å²) in [5.74, 6) is 0. The zero-order valence-electron chi connectivity index (χ0n) is 18.5. The van der Waals surface area contributed by atoms with Gasteiger partial charge in [0.25, 0.3) is 0 Å². The summed E-state index contributed by atoms with van der Waals surface area (Å²) in [5, 5.41) is 5.55. The van der Waals surface area contributed by atoms with Gasteiger partial charge in [0.2, 0.25) is 0 Å². The molecule has 9 heteroatoms. The summed E-state index contributed by atoms with van der Waals surface area (Å²) in [6.07, 6.45) is -10.3. The van der Waals surface area contributed by atoms with E-state index in [9.17, 15) is 26.3 Å². The van der Waals surface area contributed by atoms with E-state index in [1.165, 1.54) is 21.2 Å². The second-order valence-electron chi connectivity index (χ2n) is 7.48. The minimum atomic E-state index is -5.14. The van der Waals surface area contributed by atoms with Crippen LogP contribution in [0.3, 0.4) is 0 Å². The van der Waals surface area contributed by atoms with Gasteiger partial charge in [-0.15, -0.1) is 0 Å². The van der Waals surface area contributed by atoms with E-state index in [1.807, 2.05) is 0 Å². The Morgan fingerprint density at radius 1 is 0.472 bits per heavy atom. The van der Waals surface area contributed by atoms with Crippen molar-refractivity contribution in [2.24, 2.45) is 0 Å². The average Bonchev–Trinajstić information content (AvgIpc) is 2.86. The van der Waals surface area contributed by atoms with Crippen molar-refractivity contribution in [1.29, 1.82) is 0 Å². The maximum Gasteiger partial charge on any atom is 0.144 e. The Balaban J connectivity index is 0.000000280. The zero-order valence-corrected chi connectivity index (χ0v) is 23.7. The van der Waals surface area contributed by atoms with Crippen LogP contribution in [0.25, 0.3) is 0 Å². The van der Waals surface area contributed by atoms with Gasteiger partial charge in [0.1, 0.15) is 28.5 Å². The van der Waals surface area contributed by atoms with Gasteiger partial charge in [-0.1, -0.05) is 72.8 Å². The average molecular weight is 814 g/mol. The zero-order chi connectivity index (χ0) is 26.2. The summed E-state index contributed by atoms with van der Waals surface area (Å²) < 4.78 is 66.0. The first-order chi connectivity index (χ1) is 17.1. The number of alkyl halides is 6. The Hall–Kier alpha value is -1.64. The Morgan fingerprint density at radius 2 is 0.694 bits per heavy atom. The van der Waals surface area contributed by atoms with Gasteiger partial charge in [0.15, 0.2) is 0 Å². The van der Waals surface area contributed by atoms with Gasteiger partial charge in [-0.2, -0.15) is 0 Å². The van der Waals surface area contributed by atoms with Gasteiger partial charge < -0.3 is 0 Å². The van der Waals surface area contributed by atoms with Crippen molar-refractivity contribution in [3.05, 3.63) is 121 Å². The van der Waals surface area contributed by atoms with Crippen LogP contribution in [-0.2, 0) is 15.9 Å². The molecule has 0 saturated carbocycles. The molecule has 0 saturated heterocycles. The molecule has 0 radical (unpaired) electrons. The predicted molar refractivity (Wildman–Crippen MR) is 141 cm³/mol. The third-order valence-corrected chi connectivity index (χ3v) is 14.4. The molecular formula is C27H21AuF6IP. The molecule has 4 rings (SSSR count). The van der Waals surface area contributed by atoms with Crippen LogP contribution < -0.4 is 21.2 Å². The molecule has 194 valence electrons. The van der Waals surface area contributed by atoms with E-state index in [2.05, 4.69) is 121 Å². The number of halogens is 7. The van der Waals surface area contributed by atoms with Gasteiger partial charge in [-0.3, -0.25) is 0 Å². The van der Waals surface area contributed by atoms with Crippen molar-refractivity contribution >= 4 is 47.5 Å². The number of hydrogen-bond donors (Lipinski definition) is 0. The monoisotopic (exact) mass is 814 g/mol. The van der Waals surface area contributed by atoms with Crippen LogP contribution in [0, 0.1) is 0 Å². The standard InChI is InChI=1S/C24H20P.C3HF6.Au.HI/c1-5-13-21(14-6-1)25(22-15-7-2-8-16-22,23-17-9-3-10-18-23)24-19-11-4-12-20-24;4-2(5,6)1-3(7,8)9;;/h1-20H;1H;;1H/q+1;;;/p-1. The first kappa shape index (κ1) is 28.9. The Labute approximate surface area is 226 Å². The molecular weight excluding hydrogens is 793 g/mol. The summed E-state index contributed by atoms with van der Waals surface area (Å²) in [6, 6.07) is 43.8. The molecule has 0 spiro atoms. The maximum absolute atomic E-state index is 11.5. The quantitative estimate of drug-likeness (QED) is 0.0842. The Bertz CT molecular complexity index is 1010. The number of hydrogen-bond acceptors (Lipinski definition) is 0. The van der Waals surface area contributed by atoms with Crippen LogP contribution in [0.4, 0.5) is 26.3 Å². The first-order valence-electron chi connectivity index (χ1n) is 10.5. The SMILES string of the molecule is FC(F)(F)[CH]([Au-][I])C(F)(F)F.c1ccc([P+](c2ccccc2)(c2ccccc2)c2ccccc2)cc1. The molecule has 4 aromatic carbocycles. The number of rotatable bonds is 5. The van der Waals surface area contributed by atoms with Crippen LogP contribution in [-0.4, -0.2) is 12.4 Å². The molecule has 0 atom stereocenters. The molecule has 4 aromatic rings. The molecule has 0 fully saturated rings. The smallest absolute Gasteiger partial charge is 0.0620 e. The van der Waals surface area contributed by atoms with Crippen molar-refractivity contribution in [2.75, 3.05) is 0 Å². The third-order valence-electron chi connectivity index (χ3n) is 5.16. The predicted octanol–water partition coefficient (Wildman–Crippen LogP) is 7.64. The molecule has 36 heavy (non-hydrogen) atoms. The summed E-state index contributed by atoms with van der Waals surface area (Å²) >= 11 is -0.654. The molecule has 0 aliphatic heterocycles. The van der Waals surface area contributed by atoms with Crippen LogP contribution in [0.15, 0.2) is 121 Å². The molecule has 0 aliphatic rings. The molecule has 0 N–H and O–H groups in total. The Morgan fingerprint density at radius 3 is 0.833 bits per heavy atom. The summed E-state index contributed by atoms with van der Waals surface area (Å²) in [6.45, 7) is 0. The van der Waals surface area contributed by atoms with Crippen LogP contribution >= 0.6 is 26.3 Å². The molecule has 0 heterocycles. The van der Waals surface area contributed by atoms with E-state index in [0.29, 0.717) is 0 Å². The van der Waals surface area contributed by atoms with Gasteiger partial charge >= 0.3 is 77.8 Å². The van der Waals surface area contributed by atoms with Gasteiger partial charge in [-0.05, 0) is 48.5 Å². The van der Waals surface area contributed by atoms with Gasteiger partial charge in [-0.25, -0.2) is 0 Å². The fourth-order valence-corrected chi connectivity index (χ4v) is 12.0. The minimum Gasteiger partial charge on any atom is -0.0620 e. The molecule has 0 amide bonds. The van der Waals surface area contributed by atoms with Crippen LogP contribution in [0.5, 0.6) is 0 Å². The van der Waals surface area contributed by atoms with Crippen LogP contribution in [0.1, 0.15) is 0 Å². The van der Waals surface area contributed by atoms with E-state index < -0.39 is 39.7 Å². The molecule has 0 bridgehead atoms. The second-order valence-corrected chi connectivity index (χ2v) is 15.7. The first-order valence-corrected chi connectivity index (χ1v) is 19.7. The number of benzene rings is 4. The van der Waals surface area contributed by atoms with E-state index in [-0.39, 0.29) is 0 Å². The summed E-state index contributed by atoms with van der Waals surface area (Å²) in [5.41, 5.74) is 0. The molecule has 0 unspecified atom stereocenters. The van der Waals surface area contributed by atoms with Crippen molar-refractivity contribution in [3.63, 3.8) is 0 Å². The van der Waals surface area contributed by atoms with E-state index in [1.54, 1.807) is 0 Å². The normalized spacial score (nSPS) is 12.2. The van der Waals surface area contributed by atoms with E-state index >= 15 is 0 Å². The van der Waals surface area contributed by atoms with Gasteiger partial charge in [0, 0.05) is 0 Å². The van der Waals surface area contributed by atoms with E-state index in [0.717, 1.165) is 19.0 Å². The topological polar surface area (TPSA) is 0 Å². The van der Waals surface area contributed by atoms with Crippen molar-refractivity contribution in [2.45, 2.75) is 16.5 Å². The fraction of sp³-hybridized carbons (Fsp3) is 0.111. The van der Waals surface area contributed by atoms with Gasteiger partial charge in [0.05, 0.1) is 0 Å². The third kappa shape index (κ3) is 6.81. The molecule has 0 aliphatic carbocycles. The Kier molecular flexibility index (Phi) is 10.2. The van der Waals surface area contributed by atoms with Crippen molar-refractivity contribution in [1.82, 2.24) is 0 Å². The second kappa shape index (κ2) is 12.7. The molecule has 0 aromatic heterocycles. The minimum absolute atomic E-state index is 1.16. The van der Waals surface area contributed by atoms with Crippen molar-refractivity contribution in [3.8, 4) is 0 Å². The fourth-order valence-electron chi connectivity index (χ4n) is 3.76. The van der Waals surface area contributed by atoms with Crippen molar-refractivity contribution < 1.29 is 42.3 Å². The van der Waals surface area contributed by atoms with Crippen LogP contribution in [0.2, 0.25) is 4.14 Å².